The Morgan fingerprint density at radius 1 is 1.57 bits per heavy atom. The lowest BCUT2D eigenvalue weighted by atomic mass is 10.1. The third-order valence-corrected chi connectivity index (χ3v) is 2.31. The van der Waals surface area contributed by atoms with Crippen LogP contribution in [0.15, 0.2) is 12.4 Å². The van der Waals surface area contributed by atoms with Gasteiger partial charge in [0.1, 0.15) is 6.10 Å². The van der Waals surface area contributed by atoms with E-state index in [1.54, 1.807) is 17.1 Å². The van der Waals surface area contributed by atoms with Gasteiger partial charge in [-0.1, -0.05) is 0 Å². The summed E-state index contributed by atoms with van der Waals surface area (Å²) in [6.07, 6.45) is 1.95. The highest BCUT2D eigenvalue weighted by Gasteiger charge is 2.18. The van der Waals surface area contributed by atoms with Gasteiger partial charge in [0.2, 0.25) is 0 Å². The first kappa shape index (κ1) is 11.5. The SMILES string of the molecule is CCn1cc(C(O)C(O)CCCl)cn1. The van der Waals surface area contributed by atoms with Crippen molar-refractivity contribution in [3.63, 3.8) is 0 Å². The van der Waals surface area contributed by atoms with Gasteiger partial charge in [0, 0.05) is 24.2 Å². The van der Waals surface area contributed by atoms with Crippen molar-refractivity contribution >= 4 is 11.6 Å². The molecule has 2 unspecified atom stereocenters. The zero-order chi connectivity index (χ0) is 10.6. The van der Waals surface area contributed by atoms with E-state index in [2.05, 4.69) is 5.10 Å². The first-order valence-electron chi connectivity index (χ1n) is 4.63. The highest BCUT2D eigenvalue weighted by Crippen LogP contribution is 2.18. The smallest absolute Gasteiger partial charge is 0.108 e. The van der Waals surface area contributed by atoms with Gasteiger partial charge in [0.15, 0.2) is 0 Å². The minimum atomic E-state index is -0.894. The van der Waals surface area contributed by atoms with E-state index in [0.29, 0.717) is 17.9 Å². The maximum absolute atomic E-state index is 9.67. The van der Waals surface area contributed by atoms with E-state index in [4.69, 9.17) is 11.6 Å². The molecule has 14 heavy (non-hydrogen) atoms. The lowest BCUT2D eigenvalue weighted by Crippen LogP contribution is -2.18. The zero-order valence-corrected chi connectivity index (χ0v) is 8.85. The molecule has 0 saturated carbocycles. The van der Waals surface area contributed by atoms with E-state index < -0.39 is 12.2 Å². The summed E-state index contributed by atoms with van der Waals surface area (Å²) in [5.41, 5.74) is 0.629. The molecule has 5 heteroatoms. The highest BCUT2D eigenvalue weighted by molar-refractivity contribution is 6.17. The maximum Gasteiger partial charge on any atom is 0.108 e. The topological polar surface area (TPSA) is 58.3 Å². The Morgan fingerprint density at radius 3 is 2.79 bits per heavy atom. The fourth-order valence-electron chi connectivity index (χ4n) is 1.20. The second kappa shape index (κ2) is 5.34. The van der Waals surface area contributed by atoms with Crippen LogP contribution >= 0.6 is 11.6 Å². The van der Waals surface area contributed by atoms with Crippen molar-refractivity contribution in [2.75, 3.05) is 5.88 Å². The van der Waals surface area contributed by atoms with Gasteiger partial charge in [-0.05, 0) is 13.3 Å². The van der Waals surface area contributed by atoms with E-state index in [1.165, 1.54) is 0 Å². The average Bonchev–Trinajstić information content (AvgIpc) is 2.65. The molecule has 0 aliphatic rings. The number of aliphatic hydroxyl groups is 2. The molecular weight excluding hydrogens is 204 g/mol. The summed E-state index contributed by atoms with van der Waals surface area (Å²) in [4.78, 5) is 0. The first-order valence-corrected chi connectivity index (χ1v) is 5.17. The van der Waals surface area contributed by atoms with Gasteiger partial charge in [-0.3, -0.25) is 4.68 Å². The molecule has 0 radical (unpaired) electrons. The number of aliphatic hydroxyl groups excluding tert-OH is 2. The fraction of sp³-hybridized carbons (Fsp3) is 0.667. The largest absolute Gasteiger partial charge is 0.390 e. The lowest BCUT2D eigenvalue weighted by molar-refractivity contribution is 0.0169. The Balaban J connectivity index is 2.63. The Kier molecular flexibility index (Phi) is 4.38. The van der Waals surface area contributed by atoms with Crippen LogP contribution in [0.3, 0.4) is 0 Å². The molecule has 0 spiro atoms. The van der Waals surface area contributed by atoms with Crippen LogP contribution in [0.5, 0.6) is 0 Å². The average molecular weight is 219 g/mol. The fourth-order valence-corrected chi connectivity index (χ4v) is 1.42. The van der Waals surface area contributed by atoms with Crippen LogP contribution in [0.25, 0.3) is 0 Å². The van der Waals surface area contributed by atoms with Crippen LogP contribution in [0.4, 0.5) is 0 Å². The van der Waals surface area contributed by atoms with Crippen molar-refractivity contribution in [1.29, 1.82) is 0 Å². The molecule has 1 rings (SSSR count). The highest BCUT2D eigenvalue weighted by atomic mass is 35.5. The predicted octanol–water partition coefficient (Wildman–Crippen LogP) is 0.926. The number of hydrogen-bond acceptors (Lipinski definition) is 3. The molecule has 0 fully saturated rings. The quantitative estimate of drug-likeness (QED) is 0.723. The second-order valence-corrected chi connectivity index (χ2v) is 3.50. The molecule has 0 aliphatic carbocycles. The van der Waals surface area contributed by atoms with Crippen molar-refractivity contribution < 1.29 is 10.2 Å². The molecule has 1 aromatic heterocycles. The lowest BCUT2D eigenvalue weighted by Gasteiger charge is -2.14. The molecule has 0 saturated heterocycles. The van der Waals surface area contributed by atoms with Crippen molar-refractivity contribution in [2.24, 2.45) is 0 Å². The van der Waals surface area contributed by atoms with Gasteiger partial charge in [-0.15, -0.1) is 11.6 Å². The summed E-state index contributed by atoms with van der Waals surface area (Å²) >= 11 is 5.47. The molecule has 1 aromatic rings. The van der Waals surface area contributed by atoms with Crippen LogP contribution in [-0.4, -0.2) is 32.0 Å². The summed E-state index contributed by atoms with van der Waals surface area (Å²) in [5, 5.41) is 23.2. The third-order valence-electron chi connectivity index (χ3n) is 2.09. The van der Waals surface area contributed by atoms with Crippen LogP contribution in [0.2, 0.25) is 0 Å². The normalized spacial score (nSPS) is 15.4. The minimum Gasteiger partial charge on any atom is -0.390 e. The number of hydrogen-bond donors (Lipinski definition) is 2. The second-order valence-electron chi connectivity index (χ2n) is 3.12. The molecule has 80 valence electrons. The summed E-state index contributed by atoms with van der Waals surface area (Å²) in [6.45, 7) is 2.71. The van der Waals surface area contributed by atoms with Gasteiger partial charge in [-0.25, -0.2) is 0 Å². The summed E-state index contributed by atoms with van der Waals surface area (Å²) in [6, 6.07) is 0. The molecule has 0 aliphatic heterocycles. The van der Waals surface area contributed by atoms with Gasteiger partial charge < -0.3 is 10.2 Å². The van der Waals surface area contributed by atoms with Crippen molar-refractivity contribution in [3.05, 3.63) is 18.0 Å². The van der Waals surface area contributed by atoms with Crippen molar-refractivity contribution in [1.82, 2.24) is 9.78 Å². The number of halogens is 1. The van der Waals surface area contributed by atoms with Gasteiger partial charge in [0.25, 0.3) is 0 Å². The summed E-state index contributed by atoms with van der Waals surface area (Å²) in [5.74, 6) is 0.333. The Morgan fingerprint density at radius 2 is 2.29 bits per heavy atom. The Hall–Kier alpha value is -0.580. The predicted molar refractivity (Wildman–Crippen MR) is 54.2 cm³/mol. The van der Waals surface area contributed by atoms with Crippen LogP contribution in [0.1, 0.15) is 25.0 Å². The molecule has 4 nitrogen and oxygen atoms in total. The number of rotatable bonds is 5. The monoisotopic (exact) mass is 218 g/mol. The Bertz CT molecular complexity index is 278. The zero-order valence-electron chi connectivity index (χ0n) is 8.10. The van der Waals surface area contributed by atoms with Crippen LogP contribution in [0, 0.1) is 0 Å². The van der Waals surface area contributed by atoms with E-state index in [9.17, 15) is 10.2 Å². The van der Waals surface area contributed by atoms with E-state index in [0.717, 1.165) is 6.54 Å². The molecule has 0 bridgehead atoms. The molecule has 1 heterocycles. The number of aryl methyl sites for hydroxylation is 1. The van der Waals surface area contributed by atoms with Crippen LogP contribution in [-0.2, 0) is 6.54 Å². The number of nitrogens with zero attached hydrogens (tertiary/aromatic N) is 2. The van der Waals surface area contributed by atoms with Gasteiger partial charge in [-0.2, -0.15) is 5.10 Å². The molecule has 2 atom stereocenters. The summed E-state index contributed by atoms with van der Waals surface area (Å²) in [7, 11) is 0. The van der Waals surface area contributed by atoms with Crippen LogP contribution < -0.4 is 0 Å². The Labute approximate surface area is 88.1 Å². The minimum absolute atomic E-state index is 0.333. The van der Waals surface area contributed by atoms with E-state index in [1.807, 2.05) is 6.92 Å². The number of aromatic nitrogens is 2. The third kappa shape index (κ3) is 2.70. The number of alkyl halides is 1. The first-order chi connectivity index (χ1) is 6.69. The van der Waals surface area contributed by atoms with E-state index >= 15 is 0 Å². The molecule has 0 amide bonds. The van der Waals surface area contributed by atoms with Crippen molar-refractivity contribution in [3.8, 4) is 0 Å². The van der Waals surface area contributed by atoms with Gasteiger partial charge in [0.05, 0.1) is 12.3 Å². The summed E-state index contributed by atoms with van der Waals surface area (Å²) < 4.78 is 1.70. The molecular formula is C9H15ClN2O2. The van der Waals surface area contributed by atoms with E-state index in [-0.39, 0.29) is 0 Å². The standard InChI is InChI=1S/C9H15ClN2O2/c1-2-12-6-7(5-11-12)9(14)8(13)3-4-10/h5-6,8-9,13-14H,2-4H2,1H3. The molecule has 0 aromatic carbocycles. The van der Waals surface area contributed by atoms with Gasteiger partial charge >= 0.3 is 0 Å². The maximum atomic E-state index is 9.67. The molecule has 2 N–H and O–H groups in total. The van der Waals surface area contributed by atoms with Crippen molar-refractivity contribution in [2.45, 2.75) is 32.1 Å².